The third kappa shape index (κ3) is 2.22. The summed E-state index contributed by atoms with van der Waals surface area (Å²) in [4.78, 5) is 0. The van der Waals surface area contributed by atoms with Gasteiger partial charge in [-0.05, 0) is 41.8 Å². The smallest absolute Gasteiger partial charge is 0.127 e. The molecule has 1 aliphatic rings. The average molecular weight is 249 g/mol. The molecule has 0 spiro atoms. The van der Waals surface area contributed by atoms with E-state index in [0.717, 1.165) is 18.5 Å². The monoisotopic (exact) mass is 249 g/mol. The third-order valence-electron chi connectivity index (χ3n) is 3.49. The number of halogens is 1. The van der Waals surface area contributed by atoms with Gasteiger partial charge in [-0.2, -0.15) is 0 Å². The molecule has 1 aliphatic heterocycles. The minimum Gasteiger partial charge on any atom is -0.314 e. The zero-order chi connectivity index (χ0) is 11.7. The number of rotatable bonds is 2. The maximum atomic E-state index is 14.6. The molecule has 1 aromatic carbocycles. The van der Waals surface area contributed by atoms with E-state index in [9.17, 15) is 4.39 Å². The number of benzene rings is 1. The molecule has 0 radical (unpaired) electrons. The van der Waals surface area contributed by atoms with Crippen molar-refractivity contribution in [1.29, 1.82) is 0 Å². The van der Waals surface area contributed by atoms with Crippen LogP contribution in [0.15, 0.2) is 29.6 Å². The highest BCUT2D eigenvalue weighted by Crippen LogP contribution is 2.32. The van der Waals surface area contributed by atoms with Gasteiger partial charge in [0.1, 0.15) is 5.67 Å². The lowest BCUT2D eigenvalue weighted by Gasteiger charge is -2.30. The highest BCUT2D eigenvalue weighted by Gasteiger charge is 2.32. The minimum atomic E-state index is -1.05. The Kier molecular flexibility index (Phi) is 2.89. The van der Waals surface area contributed by atoms with Crippen LogP contribution in [0.1, 0.15) is 18.4 Å². The lowest BCUT2D eigenvalue weighted by atomic mass is 9.89. The van der Waals surface area contributed by atoms with Crippen LogP contribution in [0.3, 0.4) is 0 Å². The molecule has 1 aromatic heterocycles. The van der Waals surface area contributed by atoms with Gasteiger partial charge in [-0.15, -0.1) is 11.3 Å². The summed E-state index contributed by atoms with van der Waals surface area (Å²) >= 11 is 1.71. The maximum Gasteiger partial charge on any atom is 0.127 e. The van der Waals surface area contributed by atoms with E-state index in [1.165, 1.54) is 10.1 Å². The molecular formula is C14H16FNS. The number of hydrogen-bond acceptors (Lipinski definition) is 2. The normalized spacial score (nSPS) is 25.2. The van der Waals surface area contributed by atoms with Gasteiger partial charge >= 0.3 is 0 Å². The van der Waals surface area contributed by atoms with E-state index >= 15 is 0 Å². The first-order valence-corrected chi connectivity index (χ1v) is 7.00. The molecule has 2 aromatic rings. The van der Waals surface area contributed by atoms with Crippen LogP contribution in [0.4, 0.5) is 4.39 Å². The second-order valence-corrected chi connectivity index (χ2v) is 5.78. The Labute approximate surface area is 105 Å². The molecule has 3 rings (SSSR count). The van der Waals surface area contributed by atoms with Gasteiger partial charge in [0, 0.05) is 17.7 Å². The molecule has 1 nitrogen and oxygen atoms in total. The zero-order valence-electron chi connectivity index (χ0n) is 9.71. The van der Waals surface area contributed by atoms with Crippen LogP contribution in [0, 0.1) is 0 Å². The van der Waals surface area contributed by atoms with Gasteiger partial charge in [0.2, 0.25) is 0 Å². The molecule has 1 unspecified atom stereocenters. The van der Waals surface area contributed by atoms with Gasteiger partial charge in [-0.25, -0.2) is 4.39 Å². The molecule has 1 saturated heterocycles. The maximum absolute atomic E-state index is 14.6. The fraction of sp³-hybridized carbons (Fsp3) is 0.429. The first-order chi connectivity index (χ1) is 8.27. The van der Waals surface area contributed by atoms with Crippen molar-refractivity contribution in [2.75, 3.05) is 13.1 Å². The van der Waals surface area contributed by atoms with Crippen LogP contribution >= 0.6 is 11.3 Å². The van der Waals surface area contributed by atoms with Crippen molar-refractivity contribution in [1.82, 2.24) is 5.32 Å². The van der Waals surface area contributed by atoms with Crippen LogP contribution < -0.4 is 5.32 Å². The van der Waals surface area contributed by atoms with Crippen molar-refractivity contribution in [3.63, 3.8) is 0 Å². The lowest BCUT2D eigenvalue weighted by Crippen LogP contribution is -2.43. The zero-order valence-corrected chi connectivity index (χ0v) is 10.5. The predicted molar refractivity (Wildman–Crippen MR) is 71.5 cm³/mol. The van der Waals surface area contributed by atoms with Gasteiger partial charge in [-0.1, -0.05) is 18.2 Å². The number of nitrogens with one attached hydrogen (secondary N) is 1. The minimum absolute atomic E-state index is 0.497. The van der Waals surface area contributed by atoms with Crippen molar-refractivity contribution >= 4 is 21.4 Å². The molecule has 17 heavy (non-hydrogen) atoms. The molecule has 0 bridgehead atoms. The van der Waals surface area contributed by atoms with Crippen LogP contribution in [-0.2, 0) is 6.42 Å². The van der Waals surface area contributed by atoms with E-state index in [1.807, 2.05) is 12.1 Å². The van der Waals surface area contributed by atoms with E-state index in [4.69, 9.17) is 0 Å². The molecule has 1 atom stereocenters. The Balaban J connectivity index is 1.89. The highest BCUT2D eigenvalue weighted by molar-refractivity contribution is 7.17. The standard InChI is InChI=1S/C14H16FNS/c15-14(6-3-7-16-10-14)8-11-9-17-13-5-2-1-4-12(11)13/h1-2,4-5,9,16H,3,6-8,10H2. The Morgan fingerprint density at radius 3 is 3.06 bits per heavy atom. The Morgan fingerprint density at radius 2 is 2.24 bits per heavy atom. The largest absolute Gasteiger partial charge is 0.314 e. The fourth-order valence-electron chi connectivity index (χ4n) is 2.59. The van der Waals surface area contributed by atoms with E-state index < -0.39 is 5.67 Å². The molecule has 1 fully saturated rings. The van der Waals surface area contributed by atoms with E-state index in [0.29, 0.717) is 19.4 Å². The summed E-state index contributed by atoms with van der Waals surface area (Å²) in [6, 6.07) is 8.27. The molecule has 0 amide bonds. The van der Waals surface area contributed by atoms with E-state index in [1.54, 1.807) is 11.3 Å². The highest BCUT2D eigenvalue weighted by atomic mass is 32.1. The fourth-order valence-corrected chi connectivity index (χ4v) is 3.56. The Bertz CT molecular complexity index is 514. The van der Waals surface area contributed by atoms with E-state index in [-0.39, 0.29) is 0 Å². The summed E-state index contributed by atoms with van der Waals surface area (Å²) in [6.07, 6.45) is 2.17. The molecular weight excluding hydrogens is 233 g/mol. The summed E-state index contributed by atoms with van der Waals surface area (Å²) in [5, 5.41) is 6.50. The van der Waals surface area contributed by atoms with Crippen molar-refractivity contribution in [2.24, 2.45) is 0 Å². The van der Waals surface area contributed by atoms with Crippen LogP contribution in [-0.4, -0.2) is 18.8 Å². The number of thiophene rings is 1. The number of fused-ring (bicyclic) bond motifs is 1. The SMILES string of the molecule is FC1(Cc2csc3ccccc23)CCCNC1. The Hall–Kier alpha value is -0.930. The lowest BCUT2D eigenvalue weighted by molar-refractivity contribution is 0.123. The second-order valence-electron chi connectivity index (χ2n) is 4.87. The first kappa shape index (κ1) is 11.2. The van der Waals surface area contributed by atoms with Gasteiger partial charge < -0.3 is 5.32 Å². The summed E-state index contributed by atoms with van der Waals surface area (Å²) in [5.41, 5.74) is 0.110. The number of alkyl halides is 1. The number of piperidine rings is 1. The van der Waals surface area contributed by atoms with Crippen molar-refractivity contribution < 1.29 is 4.39 Å². The summed E-state index contributed by atoms with van der Waals surface area (Å²) in [5.74, 6) is 0. The summed E-state index contributed by atoms with van der Waals surface area (Å²) < 4.78 is 15.9. The quantitative estimate of drug-likeness (QED) is 0.858. The average Bonchev–Trinajstić information content (AvgIpc) is 2.73. The molecule has 90 valence electrons. The van der Waals surface area contributed by atoms with Crippen LogP contribution in [0.2, 0.25) is 0 Å². The first-order valence-electron chi connectivity index (χ1n) is 6.12. The van der Waals surface area contributed by atoms with Crippen LogP contribution in [0.25, 0.3) is 10.1 Å². The topological polar surface area (TPSA) is 12.0 Å². The molecule has 1 N–H and O–H groups in total. The van der Waals surface area contributed by atoms with E-state index in [2.05, 4.69) is 22.8 Å². The molecule has 0 aliphatic carbocycles. The molecule has 2 heterocycles. The van der Waals surface area contributed by atoms with Crippen molar-refractivity contribution in [2.45, 2.75) is 24.9 Å². The van der Waals surface area contributed by atoms with Crippen molar-refractivity contribution in [3.8, 4) is 0 Å². The van der Waals surface area contributed by atoms with Gasteiger partial charge in [0.05, 0.1) is 0 Å². The summed E-state index contributed by atoms with van der Waals surface area (Å²) in [7, 11) is 0. The predicted octanol–water partition coefficient (Wildman–Crippen LogP) is 3.54. The van der Waals surface area contributed by atoms with Gasteiger partial charge in [0.15, 0.2) is 0 Å². The number of hydrogen-bond donors (Lipinski definition) is 1. The third-order valence-corrected chi connectivity index (χ3v) is 4.50. The van der Waals surface area contributed by atoms with Crippen molar-refractivity contribution in [3.05, 3.63) is 35.2 Å². The van der Waals surface area contributed by atoms with Gasteiger partial charge in [0.25, 0.3) is 0 Å². The second kappa shape index (κ2) is 4.39. The Morgan fingerprint density at radius 1 is 1.35 bits per heavy atom. The molecule has 3 heteroatoms. The summed E-state index contributed by atoms with van der Waals surface area (Å²) in [6.45, 7) is 1.45. The van der Waals surface area contributed by atoms with Crippen LogP contribution in [0.5, 0.6) is 0 Å². The van der Waals surface area contributed by atoms with Gasteiger partial charge in [-0.3, -0.25) is 0 Å². The molecule has 0 saturated carbocycles.